The third kappa shape index (κ3) is 2.29. The number of hydrogen-bond acceptors (Lipinski definition) is 3. The summed E-state index contributed by atoms with van der Waals surface area (Å²) < 4.78 is 27.0. The van der Waals surface area contributed by atoms with Gasteiger partial charge in [-0.3, -0.25) is 4.79 Å². The van der Waals surface area contributed by atoms with E-state index in [0.29, 0.717) is 25.1 Å². The minimum absolute atomic E-state index is 0.111. The van der Waals surface area contributed by atoms with E-state index in [4.69, 9.17) is 9.47 Å². The second-order valence-electron chi connectivity index (χ2n) is 9.18. The number of nitrogens with zero attached hydrogens (tertiary/aromatic N) is 1. The van der Waals surface area contributed by atoms with E-state index in [9.17, 15) is 4.79 Å². The molecular formula is C25H26FNO3. The maximum atomic E-state index is 15.1. The third-order valence-electron chi connectivity index (χ3n) is 7.97. The van der Waals surface area contributed by atoms with Crippen LogP contribution in [0.25, 0.3) is 0 Å². The number of amides is 1. The average Bonchev–Trinajstić information content (AvgIpc) is 3.10. The van der Waals surface area contributed by atoms with Crippen LogP contribution in [0.1, 0.15) is 36.0 Å². The van der Waals surface area contributed by atoms with Crippen LogP contribution in [0.3, 0.4) is 0 Å². The lowest BCUT2D eigenvalue weighted by Gasteiger charge is -2.58. The molecule has 2 aliphatic heterocycles. The van der Waals surface area contributed by atoms with Gasteiger partial charge in [0, 0.05) is 23.6 Å². The minimum Gasteiger partial charge on any atom is -0.493 e. The Morgan fingerprint density at radius 2 is 2.07 bits per heavy atom. The maximum absolute atomic E-state index is 15.1. The number of likely N-dealkylation sites (tertiary alicyclic amines) is 1. The van der Waals surface area contributed by atoms with Crippen molar-refractivity contribution in [3.8, 4) is 11.5 Å². The highest BCUT2D eigenvalue weighted by atomic mass is 19.1. The largest absolute Gasteiger partial charge is 0.493 e. The van der Waals surface area contributed by atoms with E-state index < -0.39 is 12.3 Å². The van der Waals surface area contributed by atoms with Crippen LogP contribution in [0.15, 0.2) is 42.5 Å². The standard InChI is InChI=1S/C25H26FNO3/c1-29-20-10-7-16-14-19-17-8-9-18(26)24-25(17,22(16)23(20)30-24)11-12-27(19)21(28)13-15-5-3-2-4-6-15/h2-7,10,17-19,24H,8-9,11-14H2,1H3/t17?,18?,19-,24+,25?/m0/s1. The fraction of sp³-hybridized carbons (Fsp3) is 0.480. The summed E-state index contributed by atoms with van der Waals surface area (Å²) >= 11 is 0. The van der Waals surface area contributed by atoms with Gasteiger partial charge in [0.25, 0.3) is 0 Å². The quantitative estimate of drug-likeness (QED) is 0.776. The number of hydrogen-bond donors (Lipinski definition) is 0. The normalized spacial score (nSPS) is 32.9. The van der Waals surface area contributed by atoms with Gasteiger partial charge in [-0.05, 0) is 48.8 Å². The molecule has 4 nitrogen and oxygen atoms in total. The topological polar surface area (TPSA) is 38.8 Å². The van der Waals surface area contributed by atoms with E-state index in [-0.39, 0.29) is 23.3 Å². The molecule has 3 unspecified atom stereocenters. The van der Waals surface area contributed by atoms with Crippen LogP contribution in [0.5, 0.6) is 11.5 Å². The number of alkyl halides is 1. The molecule has 1 amide bonds. The van der Waals surface area contributed by atoms with Crippen molar-refractivity contribution in [2.24, 2.45) is 5.92 Å². The van der Waals surface area contributed by atoms with Gasteiger partial charge in [0.2, 0.25) is 5.91 Å². The van der Waals surface area contributed by atoms with Gasteiger partial charge in [0.15, 0.2) is 11.5 Å². The summed E-state index contributed by atoms with van der Waals surface area (Å²) in [6, 6.07) is 14.1. The Morgan fingerprint density at radius 1 is 1.23 bits per heavy atom. The molecule has 2 aromatic rings. The van der Waals surface area contributed by atoms with Crippen LogP contribution in [0.4, 0.5) is 4.39 Å². The van der Waals surface area contributed by atoms with Crippen molar-refractivity contribution in [3.63, 3.8) is 0 Å². The summed E-state index contributed by atoms with van der Waals surface area (Å²) in [6.45, 7) is 0.662. The molecule has 2 aromatic carbocycles. The van der Waals surface area contributed by atoms with Gasteiger partial charge in [-0.2, -0.15) is 0 Å². The molecule has 4 aliphatic rings. The third-order valence-corrected chi connectivity index (χ3v) is 7.97. The Bertz CT molecular complexity index is 1010. The average molecular weight is 407 g/mol. The molecular weight excluding hydrogens is 381 g/mol. The van der Waals surface area contributed by atoms with Gasteiger partial charge >= 0.3 is 0 Å². The predicted octanol–water partition coefficient (Wildman–Crippen LogP) is 3.84. The number of halogens is 1. The number of ether oxygens (including phenoxy) is 2. The lowest BCUT2D eigenvalue weighted by molar-refractivity contribution is -0.144. The molecule has 156 valence electrons. The van der Waals surface area contributed by atoms with Crippen molar-refractivity contribution in [1.82, 2.24) is 4.90 Å². The monoisotopic (exact) mass is 407 g/mol. The summed E-state index contributed by atoms with van der Waals surface area (Å²) in [7, 11) is 1.64. The van der Waals surface area contributed by atoms with E-state index in [2.05, 4.69) is 11.0 Å². The SMILES string of the molecule is COc1ccc2c3c1O[C@@H]1C(F)CCC4[C@H](C2)N(C(=O)Cc2ccccc2)CCC341. The zero-order chi connectivity index (χ0) is 20.5. The molecule has 1 saturated heterocycles. The Hall–Kier alpha value is -2.56. The van der Waals surface area contributed by atoms with Crippen molar-refractivity contribution in [1.29, 1.82) is 0 Å². The summed E-state index contributed by atoms with van der Waals surface area (Å²) in [4.78, 5) is 15.4. The number of benzene rings is 2. The molecule has 2 fully saturated rings. The molecule has 1 saturated carbocycles. The number of carbonyl (C=O) groups is 1. The van der Waals surface area contributed by atoms with Crippen molar-refractivity contribution < 1.29 is 18.7 Å². The highest BCUT2D eigenvalue weighted by molar-refractivity contribution is 5.80. The first-order valence-electron chi connectivity index (χ1n) is 11.0. The zero-order valence-electron chi connectivity index (χ0n) is 17.1. The van der Waals surface area contributed by atoms with Gasteiger partial charge in [-0.25, -0.2) is 4.39 Å². The van der Waals surface area contributed by atoms with E-state index in [1.165, 1.54) is 11.1 Å². The van der Waals surface area contributed by atoms with Crippen molar-refractivity contribution >= 4 is 5.91 Å². The second-order valence-corrected chi connectivity index (χ2v) is 9.18. The second kappa shape index (κ2) is 6.47. The van der Waals surface area contributed by atoms with E-state index in [0.717, 1.165) is 30.6 Å². The Kier molecular flexibility index (Phi) is 3.93. The van der Waals surface area contributed by atoms with Crippen LogP contribution in [0, 0.1) is 5.92 Å². The molecule has 2 aliphatic carbocycles. The lowest BCUT2D eigenvalue weighted by atomic mass is 9.51. The van der Waals surface area contributed by atoms with Crippen LogP contribution in [-0.2, 0) is 23.1 Å². The molecule has 5 atom stereocenters. The molecule has 5 heteroatoms. The van der Waals surface area contributed by atoms with Crippen molar-refractivity contribution in [2.45, 2.75) is 55.8 Å². The lowest BCUT2D eigenvalue weighted by Crippen LogP contribution is -2.67. The smallest absolute Gasteiger partial charge is 0.227 e. The molecule has 30 heavy (non-hydrogen) atoms. The summed E-state index contributed by atoms with van der Waals surface area (Å²) in [5.74, 6) is 1.86. The van der Waals surface area contributed by atoms with Gasteiger partial charge in [-0.1, -0.05) is 36.4 Å². The van der Waals surface area contributed by atoms with Gasteiger partial charge in [0.05, 0.1) is 13.5 Å². The maximum Gasteiger partial charge on any atom is 0.227 e. The Balaban J connectivity index is 1.41. The number of piperidine rings is 1. The highest BCUT2D eigenvalue weighted by Gasteiger charge is 2.66. The fourth-order valence-electron chi connectivity index (χ4n) is 6.81. The van der Waals surface area contributed by atoms with Crippen molar-refractivity contribution in [2.75, 3.05) is 13.7 Å². The molecule has 0 aromatic heterocycles. The molecule has 6 rings (SSSR count). The van der Waals surface area contributed by atoms with Crippen molar-refractivity contribution in [3.05, 3.63) is 59.2 Å². The molecule has 0 radical (unpaired) electrons. The van der Waals surface area contributed by atoms with Crippen LogP contribution < -0.4 is 9.47 Å². The zero-order valence-corrected chi connectivity index (χ0v) is 17.1. The first-order chi connectivity index (χ1) is 14.6. The van der Waals surface area contributed by atoms with E-state index in [1.807, 2.05) is 36.4 Å². The number of carbonyl (C=O) groups excluding carboxylic acids is 1. The molecule has 2 heterocycles. The van der Waals surface area contributed by atoms with Gasteiger partial charge in [0.1, 0.15) is 12.3 Å². The first-order valence-corrected chi connectivity index (χ1v) is 11.0. The molecule has 0 N–H and O–H groups in total. The number of methoxy groups -OCH3 is 1. The summed E-state index contributed by atoms with van der Waals surface area (Å²) in [6.07, 6.45) is 1.85. The first kappa shape index (κ1) is 18.2. The van der Waals surface area contributed by atoms with Gasteiger partial charge in [-0.15, -0.1) is 0 Å². The molecule has 1 spiro atoms. The van der Waals surface area contributed by atoms with E-state index >= 15 is 4.39 Å². The summed E-state index contributed by atoms with van der Waals surface area (Å²) in [5.41, 5.74) is 3.08. The van der Waals surface area contributed by atoms with E-state index in [1.54, 1.807) is 7.11 Å². The van der Waals surface area contributed by atoms with Crippen LogP contribution in [0.2, 0.25) is 0 Å². The van der Waals surface area contributed by atoms with Crippen LogP contribution in [-0.4, -0.2) is 42.8 Å². The fourth-order valence-corrected chi connectivity index (χ4v) is 6.81. The predicted molar refractivity (Wildman–Crippen MR) is 111 cm³/mol. The minimum atomic E-state index is -0.975. The number of rotatable bonds is 3. The highest BCUT2D eigenvalue weighted by Crippen LogP contribution is 2.64. The Labute approximate surface area is 176 Å². The van der Waals surface area contributed by atoms with Crippen LogP contribution >= 0.6 is 0 Å². The van der Waals surface area contributed by atoms with Gasteiger partial charge < -0.3 is 14.4 Å². The molecule has 2 bridgehead atoms. The Morgan fingerprint density at radius 3 is 2.87 bits per heavy atom. The summed E-state index contributed by atoms with van der Waals surface area (Å²) in [5, 5.41) is 0.